The molecule has 583 valence electrons. The predicted molar refractivity (Wildman–Crippen MR) is 448 cm³/mol. The average molecular weight is 1920 g/mol. The molecule has 7 aromatic heterocycles. The molecule has 0 atom stereocenters. The number of carboxylic acids is 1. The van der Waals surface area contributed by atoms with Crippen molar-refractivity contribution in [1.82, 2.24) is 29.9 Å². The van der Waals surface area contributed by atoms with Gasteiger partial charge in [-0.15, -0.1) is 45.3 Å². The van der Waals surface area contributed by atoms with Gasteiger partial charge in [0.25, 0.3) is 11.8 Å². The quantitative estimate of drug-likeness (QED) is 0.0182. The summed E-state index contributed by atoms with van der Waals surface area (Å²) in [5.74, 6) is 0.798. The largest absolute Gasteiger partial charge is 1.00 e. The summed E-state index contributed by atoms with van der Waals surface area (Å²) >= 11 is 29.0. The Balaban J connectivity index is 0.000000253. The van der Waals surface area contributed by atoms with Gasteiger partial charge in [-0.2, -0.15) is 0 Å². The van der Waals surface area contributed by atoms with Crippen molar-refractivity contribution in [3.8, 4) is 32.1 Å². The first kappa shape index (κ1) is 91.8. The number of amides is 3. The van der Waals surface area contributed by atoms with E-state index in [1.807, 2.05) is 109 Å². The second kappa shape index (κ2) is 46.8. The summed E-state index contributed by atoms with van der Waals surface area (Å²) in [5.41, 5.74) is 29.2. The molecule has 9 heterocycles. The minimum atomic E-state index is -0.843. The number of aromatic nitrogens is 6. The monoisotopic (exact) mass is 1920 g/mol. The Kier molecular flexibility index (Phi) is 38.0. The third-order valence-corrected chi connectivity index (χ3v) is 20.5. The number of carboxylic acid groups (broad SMARTS) is 1. The minimum Gasteiger partial charge on any atom is -0.870 e. The molecular formula is C77H77BCl4N12NaO13S4U. The number of nitrogens with two attached hydrogens (primary N) is 3. The number of nitrogen functional groups attached to an aromatic ring is 3. The van der Waals surface area contributed by atoms with E-state index in [0.29, 0.717) is 88.5 Å². The number of H-pyrrole nitrogens is 3. The fourth-order valence-electron chi connectivity index (χ4n) is 10.6. The van der Waals surface area contributed by atoms with Crippen LogP contribution in [0.5, 0.6) is 0 Å². The zero-order valence-electron chi connectivity index (χ0n) is 62.3. The molecule has 2 aliphatic heterocycles. The summed E-state index contributed by atoms with van der Waals surface area (Å²) in [6, 6.07) is 51.2. The minimum absolute atomic E-state index is 0. The van der Waals surface area contributed by atoms with Crippen LogP contribution in [0.15, 0.2) is 170 Å². The second-order valence-electron chi connectivity index (χ2n) is 23.4. The van der Waals surface area contributed by atoms with Crippen LogP contribution in [-0.4, -0.2) is 146 Å². The number of halogens is 4. The van der Waals surface area contributed by atoms with E-state index in [9.17, 15) is 33.6 Å². The van der Waals surface area contributed by atoms with Crippen molar-refractivity contribution in [1.29, 1.82) is 2.67 Å². The molecule has 25 nitrogen and oxygen atoms in total. The molecular weight excluding hydrogens is 1840 g/mol. The van der Waals surface area contributed by atoms with Crippen LogP contribution in [0.3, 0.4) is 0 Å². The Morgan fingerprint density at radius 3 is 1.29 bits per heavy atom. The van der Waals surface area contributed by atoms with Crippen molar-refractivity contribution in [2.24, 2.45) is 0 Å². The van der Waals surface area contributed by atoms with E-state index in [2.05, 4.69) is 35.2 Å². The third-order valence-electron chi connectivity index (χ3n) is 15.6. The summed E-state index contributed by atoms with van der Waals surface area (Å²) in [5, 5.41) is 11.7. The summed E-state index contributed by atoms with van der Waals surface area (Å²) in [6.45, 7) is 6.89. The van der Waals surface area contributed by atoms with E-state index >= 15 is 0 Å². The van der Waals surface area contributed by atoms with Crippen molar-refractivity contribution in [3.63, 3.8) is 0 Å². The third kappa shape index (κ3) is 28.5. The average Bonchev–Trinajstić information content (AvgIpc) is 1.67. The van der Waals surface area contributed by atoms with Crippen molar-refractivity contribution < 1.29 is 124 Å². The number of rotatable bonds is 17. The molecule has 15 rings (SSSR count). The molecule has 12 N–H and O–H groups in total. The van der Waals surface area contributed by atoms with Gasteiger partial charge in [0, 0.05) is 67.0 Å². The van der Waals surface area contributed by atoms with Crippen molar-refractivity contribution in [2.45, 2.75) is 47.0 Å². The van der Waals surface area contributed by atoms with Crippen LogP contribution in [0, 0.1) is 31.1 Å². The van der Waals surface area contributed by atoms with E-state index in [1.165, 1.54) is 45.3 Å². The van der Waals surface area contributed by atoms with Crippen molar-refractivity contribution >= 4 is 209 Å². The number of aliphatic carboxylic acids is 1. The van der Waals surface area contributed by atoms with Crippen LogP contribution >= 0.6 is 91.8 Å². The fraction of sp³-hybridized carbons (Fsp3) is 0.195. The number of esters is 2. The molecule has 36 heteroatoms. The Hall–Kier alpha value is -8.42. The van der Waals surface area contributed by atoms with E-state index < -0.39 is 5.97 Å². The normalized spacial score (nSPS) is 12.0. The van der Waals surface area contributed by atoms with Gasteiger partial charge in [-0.3, -0.25) is 33.6 Å². The molecule has 2 saturated heterocycles. The molecule has 0 unspecified atom stereocenters. The number of carbonyl (C=O) groups is 7. The Labute approximate surface area is 736 Å². The Morgan fingerprint density at radius 2 is 0.938 bits per heavy atom. The molecule has 2 aliphatic rings. The standard InChI is InChI=1S/C23H19ClN4O3S.C15H13ClN2O2S.C13H9ClN2O2S.C10H12N2O2.C10H14N2O2.C5H3ClOS.CH4.BH2.Na.H2O.U/c24-20-8-7-19(32-20)23-26-17-6-1-14(11-18(17)27-23)12-21(29)25-15-2-4-16(5-3-15)28-9-10-31-13-22(28)30;1-2-20-14(19)8-9-3-4-10-11(7-9)18-15(17-10)12-5-6-13(16)21-12;14-11-4-3-10(19-11)13-15-8-2-1-7(6-12(17)18)5-9(8)16-13;11-8-1-3-9(4-2-8)12-5-6-14-7-10(12)13;1-2-14-10(13)6-7-3-4-8(11)9(12)5-7;6-5-2-1-4(3-7)8-5;;;;;/h1-8,11H,9-10,12-13H2,(H,25,29)(H,26,27);3-7H,2,8H2,1H3,(H,17,18);1-5H,6H2,(H,15,16)(H,17,18);1-4H,5-7,11H2;3-5H,2,6,11-12H2,1H3;1-3H;1H4;1H2;;1H2;/q;;;;;;;;+1;;/p-1/i;;;;;;;1T2;;;. The summed E-state index contributed by atoms with van der Waals surface area (Å²) in [4.78, 5) is 110. The fourth-order valence-corrected chi connectivity index (χ4v) is 14.4. The molecule has 2 fully saturated rings. The number of anilines is 6. The number of morpholine rings is 2. The van der Waals surface area contributed by atoms with Gasteiger partial charge in [0.15, 0.2) is 6.29 Å². The molecule has 6 aromatic carbocycles. The van der Waals surface area contributed by atoms with Gasteiger partial charge in [-0.1, -0.05) is 78.1 Å². The smallest absolute Gasteiger partial charge is 0.870 e. The van der Waals surface area contributed by atoms with Crippen LogP contribution in [0.25, 0.3) is 65.2 Å². The number of carbonyl (C=O) groups excluding carboxylic acids is 6. The molecule has 0 spiro atoms. The number of imidazole rings is 3. The maximum absolute atomic E-state index is 12.6. The van der Waals surface area contributed by atoms with E-state index in [-0.39, 0.29) is 142 Å². The number of hydrogen-bond acceptors (Lipinski definition) is 22. The summed E-state index contributed by atoms with van der Waals surface area (Å²) < 4.78 is 34.3. The van der Waals surface area contributed by atoms with Crippen molar-refractivity contribution in [2.75, 3.05) is 85.0 Å². The molecule has 3 amide bonds. The Morgan fingerprint density at radius 1 is 0.558 bits per heavy atom. The van der Waals surface area contributed by atoms with Gasteiger partial charge in [0.2, 0.25) is 5.91 Å². The van der Waals surface area contributed by atoms with E-state index in [0.717, 1.165) is 109 Å². The molecule has 113 heavy (non-hydrogen) atoms. The Bertz CT molecular complexity index is 5350. The van der Waals surface area contributed by atoms with Gasteiger partial charge >= 0.3 is 47.5 Å². The predicted octanol–water partition coefficient (Wildman–Crippen LogP) is 12.5. The zero-order valence-corrected chi connectivity index (χ0v) is 72.8. The number of aromatic amines is 3. The van der Waals surface area contributed by atoms with Crippen LogP contribution in [0.4, 0.5) is 34.1 Å². The zero-order chi connectivity index (χ0) is 79.5. The maximum atomic E-state index is 12.6. The maximum Gasteiger partial charge on any atom is 1.00 e. The number of aldehydes is 1. The van der Waals surface area contributed by atoms with Gasteiger partial charge in [-0.05, 0) is 184 Å². The SMILES string of the molecule is C.CCOC(=O)Cc1ccc(N)c(N)c1.CCOC(=O)Cc1ccc2nc(-c3ccc(Cl)s3)[nH]c2c1.Nc1ccc(N2CCOCC2=O)cc1.O=C(Cc1ccc2nc(-c3ccc(Cl)s3)[nH]c2c1)Nc1ccc(N2CCOCC2=O)cc1.O=C(O)Cc1ccc2nc(-c3ccc(Cl)s3)[nH]c2c1.O=Cc1ccc(Cl)s1.[3H][B][3H].[Na+].[OH-].[U]. The molecule has 0 bridgehead atoms. The van der Waals surface area contributed by atoms with E-state index in [1.54, 1.807) is 84.3 Å². The number of fused-ring (bicyclic) bond motifs is 3. The number of nitrogens with zero attached hydrogens (tertiary/aromatic N) is 5. The molecule has 0 saturated carbocycles. The second-order valence-corrected chi connectivity index (χ2v) is 30.3. The summed E-state index contributed by atoms with van der Waals surface area (Å²) in [7, 11) is 0.500. The van der Waals surface area contributed by atoms with Gasteiger partial charge in [-0.25, -0.2) is 15.0 Å². The number of thiophene rings is 4. The van der Waals surface area contributed by atoms with Crippen LogP contribution in [-0.2, 0) is 73.4 Å². The molecule has 0 aliphatic carbocycles. The number of benzene rings is 6. The molecule has 1 radical (unpaired) electrons. The first-order chi connectivity index (χ1) is 53.5. The first-order valence-corrected chi connectivity index (χ1v) is 38.0. The molecule has 13 aromatic rings. The number of hydrogen-bond donors (Lipinski definition) is 8. The van der Waals surface area contributed by atoms with Crippen LogP contribution in [0.1, 0.15) is 53.2 Å². The van der Waals surface area contributed by atoms with Crippen LogP contribution < -0.4 is 61.9 Å². The van der Waals surface area contributed by atoms with Gasteiger partial charge < -0.3 is 76.8 Å². The number of ether oxygens (including phenoxy) is 4. The summed E-state index contributed by atoms with van der Waals surface area (Å²) in [6.07, 6.45) is 1.53. The van der Waals surface area contributed by atoms with Gasteiger partial charge in [0.1, 0.15) is 30.7 Å². The first-order valence-electron chi connectivity index (χ1n) is 34.3. The van der Waals surface area contributed by atoms with Crippen molar-refractivity contribution in [3.05, 3.63) is 214 Å². The topological polar surface area (TPSA) is 389 Å². The van der Waals surface area contributed by atoms with Gasteiger partial charge in [0.05, 0.1) is 142 Å². The van der Waals surface area contributed by atoms with Crippen LogP contribution in [0.2, 0.25) is 17.3 Å². The van der Waals surface area contributed by atoms with E-state index in [4.69, 9.17) is 90.3 Å². The number of nitrogens with one attached hydrogen (secondary N) is 4.